The van der Waals surface area contributed by atoms with Gasteiger partial charge in [0.2, 0.25) is 0 Å². The molecule has 4 heteroatoms. The van der Waals surface area contributed by atoms with Crippen molar-refractivity contribution in [1.29, 1.82) is 5.26 Å². The summed E-state index contributed by atoms with van der Waals surface area (Å²) in [6, 6.07) is 12.0. The average molecular weight is 241 g/mol. The Morgan fingerprint density at radius 2 is 1.94 bits per heavy atom. The largest absolute Gasteiger partial charge is 0.309 e. The maximum absolute atomic E-state index is 12.9. The van der Waals surface area contributed by atoms with Crippen molar-refractivity contribution in [3.63, 3.8) is 0 Å². The van der Waals surface area contributed by atoms with Gasteiger partial charge < -0.3 is 5.32 Å². The molecule has 1 aromatic carbocycles. The molecule has 0 amide bonds. The number of rotatable bonds is 4. The third kappa shape index (κ3) is 3.37. The monoisotopic (exact) mass is 241 g/mol. The van der Waals surface area contributed by atoms with E-state index in [0.29, 0.717) is 18.8 Å². The fourth-order valence-electron chi connectivity index (χ4n) is 1.64. The molecule has 0 aliphatic carbocycles. The lowest BCUT2D eigenvalue weighted by Gasteiger charge is -2.05. The summed E-state index contributed by atoms with van der Waals surface area (Å²) in [5.74, 6) is -0.232. The zero-order valence-corrected chi connectivity index (χ0v) is 9.73. The van der Waals surface area contributed by atoms with Gasteiger partial charge in [-0.2, -0.15) is 5.26 Å². The highest BCUT2D eigenvalue weighted by molar-refractivity contribution is 5.25. The maximum Gasteiger partial charge on any atom is 0.140 e. The van der Waals surface area contributed by atoms with E-state index in [1.165, 1.54) is 12.1 Å². The molecule has 1 N–H and O–H groups in total. The highest BCUT2D eigenvalue weighted by atomic mass is 19.1. The van der Waals surface area contributed by atoms with Crippen molar-refractivity contribution in [2.24, 2.45) is 0 Å². The van der Waals surface area contributed by atoms with Gasteiger partial charge in [-0.25, -0.2) is 9.37 Å². The van der Waals surface area contributed by atoms with Crippen molar-refractivity contribution in [2.45, 2.75) is 13.1 Å². The summed E-state index contributed by atoms with van der Waals surface area (Å²) in [5, 5.41) is 11.9. The highest BCUT2D eigenvalue weighted by Crippen LogP contribution is 2.04. The lowest BCUT2D eigenvalue weighted by molar-refractivity contribution is 0.620. The predicted octanol–water partition coefficient (Wildman–Crippen LogP) is 2.38. The van der Waals surface area contributed by atoms with Crippen molar-refractivity contribution in [3.05, 3.63) is 65.2 Å². The number of nitrogens with one attached hydrogen (secondary N) is 1. The van der Waals surface area contributed by atoms with Gasteiger partial charge in [-0.05, 0) is 35.4 Å². The number of benzene rings is 1. The second-order valence-corrected chi connectivity index (χ2v) is 3.89. The van der Waals surface area contributed by atoms with E-state index in [1.54, 1.807) is 18.3 Å². The van der Waals surface area contributed by atoms with Gasteiger partial charge in [0.25, 0.3) is 0 Å². The number of nitrogens with zero attached hydrogens (tertiary/aromatic N) is 2. The standard InChI is InChI=1S/C14H12FN3/c15-13-3-1-2-11(6-13)9-17-10-12-4-5-18-14(7-12)8-16/h1-7,17H,9-10H2. The normalized spacial score (nSPS) is 10.0. The molecule has 3 nitrogen and oxygen atoms in total. The summed E-state index contributed by atoms with van der Waals surface area (Å²) in [7, 11) is 0. The number of aromatic nitrogens is 1. The molecule has 2 aromatic rings. The van der Waals surface area contributed by atoms with E-state index in [0.717, 1.165) is 11.1 Å². The molecule has 0 fully saturated rings. The van der Waals surface area contributed by atoms with E-state index in [9.17, 15) is 4.39 Å². The third-order valence-electron chi connectivity index (χ3n) is 2.49. The molecule has 18 heavy (non-hydrogen) atoms. The van der Waals surface area contributed by atoms with E-state index in [1.807, 2.05) is 18.2 Å². The molecule has 0 bridgehead atoms. The van der Waals surface area contributed by atoms with Crippen LogP contribution >= 0.6 is 0 Å². The van der Waals surface area contributed by atoms with Crippen LogP contribution in [0.5, 0.6) is 0 Å². The van der Waals surface area contributed by atoms with Crippen LogP contribution in [-0.4, -0.2) is 4.98 Å². The van der Waals surface area contributed by atoms with E-state index in [2.05, 4.69) is 10.3 Å². The smallest absolute Gasteiger partial charge is 0.140 e. The molecular weight excluding hydrogens is 229 g/mol. The minimum atomic E-state index is -0.232. The molecule has 0 spiro atoms. The Morgan fingerprint density at radius 3 is 2.67 bits per heavy atom. The summed E-state index contributed by atoms with van der Waals surface area (Å²) in [6.45, 7) is 1.20. The molecule has 0 radical (unpaired) electrons. The van der Waals surface area contributed by atoms with Crippen LogP contribution in [0.2, 0.25) is 0 Å². The van der Waals surface area contributed by atoms with Crippen molar-refractivity contribution in [2.75, 3.05) is 0 Å². The van der Waals surface area contributed by atoms with Crippen LogP contribution in [0.25, 0.3) is 0 Å². The first-order chi connectivity index (χ1) is 8.78. The van der Waals surface area contributed by atoms with Crippen LogP contribution < -0.4 is 5.32 Å². The first-order valence-corrected chi connectivity index (χ1v) is 5.58. The minimum Gasteiger partial charge on any atom is -0.309 e. The number of halogens is 1. The van der Waals surface area contributed by atoms with Gasteiger partial charge in [-0.3, -0.25) is 0 Å². The van der Waals surface area contributed by atoms with Gasteiger partial charge in [0, 0.05) is 19.3 Å². The molecule has 0 unspecified atom stereocenters. The van der Waals surface area contributed by atoms with E-state index >= 15 is 0 Å². The van der Waals surface area contributed by atoms with Gasteiger partial charge in [-0.1, -0.05) is 12.1 Å². The Labute approximate surface area is 105 Å². The lowest BCUT2D eigenvalue weighted by atomic mass is 10.2. The molecule has 0 saturated heterocycles. The van der Waals surface area contributed by atoms with Crippen LogP contribution in [0.3, 0.4) is 0 Å². The lowest BCUT2D eigenvalue weighted by Crippen LogP contribution is -2.12. The van der Waals surface area contributed by atoms with Crippen molar-refractivity contribution in [1.82, 2.24) is 10.3 Å². The van der Waals surface area contributed by atoms with Gasteiger partial charge in [0.05, 0.1) is 0 Å². The summed E-state index contributed by atoms with van der Waals surface area (Å²) < 4.78 is 12.9. The fraction of sp³-hybridized carbons (Fsp3) is 0.143. The molecular formula is C14H12FN3. The second kappa shape index (κ2) is 5.89. The Kier molecular flexibility index (Phi) is 4.00. The number of hydrogen-bond donors (Lipinski definition) is 1. The van der Waals surface area contributed by atoms with Crippen LogP contribution in [0.15, 0.2) is 42.6 Å². The zero-order chi connectivity index (χ0) is 12.8. The SMILES string of the molecule is N#Cc1cc(CNCc2cccc(F)c2)ccn1. The van der Waals surface area contributed by atoms with Gasteiger partial charge in [-0.15, -0.1) is 0 Å². The quantitative estimate of drug-likeness (QED) is 0.894. The fourth-order valence-corrected chi connectivity index (χ4v) is 1.64. The number of pyridine rings is 1. The second-order valence-electron chi connectivity index (χ2n) is 3.89. The Balaban J connectivity index is 1.90. The van der Waals surface area contributed by atoms with Crippen molar-refractivity contribution in [3.8, 4) is 6.07 Å². The van der Waals surface area contributed by atoms with E-state index in [-0.39, 0.29) is 5.82 Å². The third-order valence-corrected chi connectivity index (χ3v) is 2.49. The molecule has 0 aliphatic rings. The molecule has 0 atom stereocenters. The minimum absolute atomic E-state index is 0.232. The zero-order valence-electron chi connectivity index (χ0n) is 9.73. The summed E-state index contributed by atoms with van der Waals surface area (Å²) in [4.78, 5) is 3.90. The molecule has 1 heterocycles. The van der Waals surface area contributed by atoms with Crippen molar-refractivity contribution < 1.29 is 4.39 Å². The van der Waals surface area contributed by atoms with Crippen LogP contribution in [0.1, 0.15) is 16.8 Å². The van der Waals surface area contributed by atoms with E-state index in [4.69, 9.17) is 5.26 Å². The Hall–Kier alpha value is -2.25. The number of nitriles is 1. The maximum atomic E-state index is 12.9. The molecule has 0 aliphatic heterocycles. The summed E-state index contributed by atoms with van der Waals surface area (Å²) in [5.41, 5.74) is 2.28. The van der Waals surface area contributed by atoms with Crippen molar-refractivity contribution >= 4 is 0 Å². The Morgan fingerprint density at radius 1 is 1.17 bits per heavy atom. The highest BCUT2D eigenvalue weighted by Gasteiger charge is 1.98. The van der Waals surface area contributed by atoms with Crippen LogP contribution in [0, 0.1) is 17.1 Å². The van der Waals surface area contributed by atoms with Gasteiger partial charge in [0.1, 0.15) is 17.6 Å². The topological polar surface area (TPSA) is 48.7 Å². The van der Waals surface area contributed by atoms with Crippen LogP contribution in [-0.2, 0) is 13.1 Å². The van der Waals surface area contributed by atoms with Gasteiger partial charge in [0.15, 0.2) is 0 Å². The van der Waals surface area contributed by atoms with E-state index < -0.39 is 0 Å². The molecule has 2 rings (SSSR count). The first kappa shape index (κ1) is 12.2. The Bertz CT molecular complexity index is 575. The predicted molar refractivity (Wildman–Crippen MR) is 65.9 cm³/mol. The summed E-state index contributed by atoms with van der Waals surface area (Å²) >= 11 is 0. The van der Waals surface area contributed by atoms with Crippen LogP contribution in [0.4, 0.5) is 4.39 Å². The first-order valence-electron chi connectivity index (χ1n) is 5.58. The molecule has 1 aromatic heterocycles. The van der Waals surface area contributed by atoms with Gasteiger partial charge >= 0.3 is 0 Å². The number of hydrogen-bond acceptors (Lipinski definition) is 3. The molecule has 0 saturated carbocycles. The summed E-state index contributed by atoms with van der Waals surface area (Å²) in [6.07, 6.45) is 1.61. The average Bonchev–Trinajstić information content (AvgIpc) is 2.39. The molecule has 90 valence electrons.